The highest BCUT2D eigenvalue weighted by Gasteiger charge is 2.49. The first-order valence-electron chi connectivity index (χ1n) is 5.08. The minimum Gasteiger partial charge on any atom is -0.122 e. The summed E-state index contributed by atoms with van der Waals surface area (Å²) in [6.07, 6.45) is 5.53. The lowest BCUT2D eigenvalue weighted by Crippen LogP contribution is -2.47. The molecule has 0 radical (unpaired) electrons. The van der Waals surface area contributed by atoms with Crippen LogP contribution >= 0.6 is 11.6 Å². The molecule has 5 atom stereocenters. The Morgan fingerprint density at radius 3 is 2.83 bits per heavy atom. The predicted molar refractivity (Wildman–Crippen MR) is 51.2 cm³/mol. The van der Waals surface area contributed by atoms with Gasteiger partial charge in [0.1, 0.15) is 0 Å². The van der Waals surface area contributed by atoms with Crippen molar-refractivity contribution < 1.29 is 0 Å². The molecule has 0 nitrogen and oxygen atoms in total. The number of allylic oxidation sites excluding steroid dienone is 1. The number of rotatable bonds is 0. The fraction of sp³-hybridized carbons (Fsp3) is 0.818. The van der Waals surface area contributed by atoms with E-state index in [9.17, 15) is 0 Å². The van der Waals surface area contributed by atoms with Crippen LogP contribution in [0.4, 0.5) is 0 Å². The number of hydrogen-bond donors (Lipinski definition) is 0. The second-order valence-electron chi connectivity index (χ2n) is 4.89. The zero-order chi connectivity index (χ0) is 8.29. The van der Waals surface area contributed by atoms with Crippen molar-refractivity contribution in [2.24, 2.45) is 23.7 Å². The number of hydrogen-bond acceptors (Lipinski definition) is 0. The Hall–Kier alpha value is 0.0300. The third kappa shape index (κ3) is 0.797. The molecule has 1 heteroatoms. The standard InChI is InChI=1S/C11H15Cl/c1-6-8-2-7-3-9(5-8)11(12)10(6)4-7/h7-11H,1-5H2/t7-,8+,9-,10+,11?/m0/s1. The smallest absolute Gasteiger partial charge is 0.0429 e. The van der Waals surface area contributed by atoms with Gasteiger partial charge in [-0.05, 0) is 49.4 Å². The molecule has 66 valence electrons. The van der Waals surface area contributed by atoms with Crippen molar-refractivity contribution in [1.29, 1.82) is 0 Å². The van der Waals surface area contributed by atoms with Crippen molar-refractivity contribution >= 4 is 11.6 Å². The molecule has 4 saturated carbocycles. The van der Waals surface area contributed by atoms with Gasteiger partial charge in [-0.1, -0.05) is 12.2 Å². The highest BCUT2D eigenvalue weighted by Crippen LogP contribution is 2.57. The topological polar surface area (TPSA) is 0 Å². The first-order valence-corrected chi connectivity index (χ1v) is 5.52. The summed E-state index contributed by atoms with van der Waals surface area (Å²) >= 11 is 6.40. The highest BCUT2D eigenvalue weighted by atomic mass is 35.5. The second-order valence-corrected chi connectivity index (χ2v) is 5.40. The van der Waals surface area contributed by atoms with Crippen LogP contribution < -0.4 is 0 Å². The third-order valence-electron chi connectivity index (χ3n) is 4.26. The maximum atomic E-state index is 6.40. The Balaban J connectivity index is 1.98. The van der Waals surface area contributed by atoms with Gasteiger partial charge >= 0.3 is 0 Å². The molecular weight excluding hydrogens is 168 g/mol. The first kappa shape index (κ1) is 7.44. The predicted octanol–water partition coefficient (Wildman–Crippen LogP) is 3.22. The summed E-state index contributed by atoms with van der Waals surface area (Å²) in [5.41, 5.74) is 1.49. The van der Waals surface area contributed by atoms with E-state index in [-0.39, 0.29) is 0 Å². The molecule has 0 aromatic rings. The molecule has 0 aliphatic heterocycles. The number of alkyl halides is 1. The Morgan fingerprint density at radius 2 is 2.00 bits per heavy atom. The van der Waals surface area contributed by atoms with Gasteiger partial charge in [0.25, 0.3) is 0 Å². The largest absolute Gasteiger partial charge is 0.122 e. The molecule has 4 aliphatic rings. The lowest BCUT2D eigenvalue weighted by atomic mass is 9.54. The third-order valence-corrected chi connectivity index (χ3v) is 4.92. The van der Waals surface area contributed by atoms with Gasteiger partial charge in [0.15, 0.2) is 0 Å². The van der Waals surface area contributed by atoms with E-state index in [1.165, 1.54) is 31.3 Å². The minimum absolute atomic E-state index is 0.435. The Morgan fingerprint density at radius 1 is 1.17 bits per heavy atom. The fourth-order valence-corrected chi connectivity index (χ4v) is 4.19. The van der Waals surface area contributed by atoms with E-state index in [0.717, 1.165) is 17.8 Å². The molecule has 0 N–H and O–H groups in total. The SMILES string of the molecule is C=C1[C@@H]2C[C@H]3C[C@@H](C2)C(Cl)[C@@H]1C3. The second kappa shape index (κ2) is 2.29. The van der Waals surface area contributed by atoms with Gasteiger partial charge in [0.05, 0.1) is 0 Å². The van der Waals surface area contributed by atoms with E-state index in [2.05, 4.69) is 6.58 Å². The van der Waals surface area contributed by atoms with E-state index < -0.39 is 0 Å². The maximum absolute atomic E-state index is 6.40. The summed E-state index contributed by atoms with van der Waals surface area (Å²) in [7, 11) is 0. The zero-order valence-electron chi connectivity index (χ0n) is 7.30. The molecule has 4 fully saturated rings. The molecule has 12 heavy (non-hydrogen) atoms. The van der Waals surface area contributed by atoms with Crippen molar-refractivity contribution in [2.75, 3.05) is 0 Å². The average Bonchev–Trinajstić information content (AvgIpc) is 2.07. The van der Waals surface area contributed by atoms with Crippen LogP contribution in [0.25, 0.3) is 0 Å². The normalized spacial score (nSPS) is 56.4. The molecule has 0 amide bonds. The van der Waals surface area contributed by atoms with Crippen LogP contribution in [-0.4, -0.2) is 5.38 Å². The van der Waals surface area contributed by atoms with Crippen LogP contribution in [0.3, 0.4) is 0 Å². The molecule has 0 spiro atoms. The van der Waals surface area contributed by atoms with Crippen LogP contribution in [0.15, 0.2) is 12.2 Å². The van der Waals surface area contributed by atoms with Crippen molar-refractivity contribution in [1.82, 2.24) is 0 Å². The van der Waals surface area contributed by atoms with Crippen LogP contribution in [0.5, 0.6) is 0 Å². The van der Waals surface area contributed by atoms with E-state index in [4.69, 9.17) is 11.6 Å². The summed E-state index contributed by atoms with van der Waals surface area (Å²) in [6.45, 7) is 4.22. The highest BCUT2D eigenvalue weighted by molar-refractivity contribution is 6.21. The van der Waals surface area contributed by atoms with Crippen LogP contribution in [0, 0.1) is 23.7 Å². The van der Waals surface area contributed by atoms with Crippen molar-refractivity contribution in [3.63, 3.8) is 0 Å². The van der Waals surface area contributed by atoms with Crippen LogP contribution in [-0.2, 0) is 0 Å². The van der Waals surface area contributed by atoms with Gasteiger partial charge in [-0.3, -0.25) is 0 Å². The van der Waals surface area contributed by atoms with Gasteiger partial charge in [-0.25, -0.2) is 0 Å². The lowest BCUT2D eigenvalue weighted by molar-refractivity contribution is 0.0749. The molecule has 0 aromatic heterocycles. The van der Waals surface area contributed by atoms with Crippen LogP contribution in [0.2, 0.25) is 0 Å². The molecule has 0 saturated heterocycles. The van der Waals surface area contributed by atoms with Crippen molar-refractivity contribution in [3.05, 3.63) is 12.2 Å². The Kier molecular flexibility index (Phi) is 1.42. The lowest BCUT2D eigenvalue weighted by Gasteiger charge is -2.53. The molecular formula is C11H15Cl. The fourth-order valence-electron chi connectivity index (χ4n) is 3.72. The van der Waals surface area contributed by atoms with E-state index >= 15 is 0 Å². The van der Waals surface area contributed by atoms with Gasteiger partial charge in [-0.2, -0.15) is 0 Å². The summed E-state index contributed by atoms with van der Waals surface area (Å²) in [5.74, 6) is 3.37. The van der Waals surface area contributed by atoms with Gasteiger partial charge in [0, 0.05) is 5.38 Å². The Labute approximate surface area is 79.0 Å². The molecule has 0 heterocycles. The minimum atomic E-state index is 0.435. The van der Waals surface area contributed by atoms with Gasteiger partial charge in [0.2, 0.25) is 0 Å². The van der Waals surface area contributed by atoms with Gasteiger partial charge in [-0.15, -0.1) is 11.6 Å². The molecule has 0 aromatic carbocycles. The summed E-state index contributed by atoms with van der Waals surface area (Å²) in [4.78, 5) is 0. The maximum Gasteiger partial charge on any atom is 0.0429 e. The van der Waals surface area contributed by atoms with E-state index in [1.807, 2.05) is 0 Å². The van der Waals surface area contributed by atoms with E-state index in [0.29, 0.717) is 11.3 Å². The van der Waals surface area contributed by atoms with E-state index in [1.54, 1.807) is 0 Å². The van der Waals surface area contributed by atoms with Gasteiger partial charge < -0.3 is 0 Å². The zero-order valence-corrected chi connectivity index (χ0v) is 8.06. The Bertz CT molecular complexity index is 233. The molecule has 4 aliphatic carbocycles. The van der Waals surface area contributed by atoms with Crippen molar-refractivity contribution in [3.8, 4) is 0 Å². The summed E-state index contributed by atoms with van der Waals surface area (Å²) in [5, 5.41) is 0.435. The molecule has 4 rings (SSSR count). The summed E-state index contributed by atoms with van der Waals surface area (Å²) in [6, 6.07) is 0. The molecule has 1 unspecified atom stereocenters. The average molecular weight is 183 g/mol. The first-order chi connectivity index (χ1) is 5.75. The molecule has 4 bridgehead atoms. The number of halogens is 1. The monoisotopic (exact) mass is 182 g/mol. The van der Waals surface area contributed by atoms with Crippen LogP contribution in [0.1, 0.15) is 25.7 Å². The van der Waals surface area contributed by atoms with Crippen molar-refractivity contribution in [2.45, 2.75) is 31.1 Å². The quantitative estimate of drug-likeness (QED) is 0.399. The summed E-state index contributed by atoms with van der Waals surface area (Å²) < 4.78 is 0.